The van der Waals surface area contributed by atoms with Crippen molar-refractivity contribution < 1.29 is 4.79 Å². The zero-order valence-corrected chi connectivity index (χ0v) is 18.1. The van der Waals surface area contributed by atoms with Gasteiger partial charge >= 0.3 is 0 Å². The van der Waals surface area contributed by atoms with Crippen LogP contribution in [0.25, 0.3) is 10.6 Å². The standard InChI is InChI=1S/C21H24N6O2S/c1-4-26-9-6-15(11-18(26)28)20(29)24-16-7-10-27(12-16)21-22-8-5-17(25-21)19-13(2)23-14(3)30-19/h5-6,8-9,11,16H,4,7,10,12H2,1-3H3,(H,24,29). The van der Waals surface area contributed by atoms with Gasteiger partial charge in [-0.1, -0.05) is 0 Å². The Balaban J connectivity index is 1.44. The van der Waals surface area contributed by atoms with E-state index in [2.05, 4.69) is 20.2 Å². The van der Waals surface area contributed by atoms with Crippen molar-refractivity contribution in [3.63, 3.8) is 0 Å². The van der Waals surface area contributed by atoms with Crippen LogP contribution in [0.2, 0.25) is 0 Å². The van der Waals surface area contributed by atoms with Crippen LogP contribution < -0.4 is 15.8 Å². The largest absolute Gasteiger partial charge is 0.347 e. The van der Waals surface area contributed by atoms with E-state index in [0.29, 0.717) is 24.6 Å². The van der Waals surface area contributed by atoms with E-state index < -0.39 is 0 Å². The molecule has 1 aliphatic heterocycles. The molecule has 4 heterocycles. The van der Waals surface area contributed by atoms with Gasteiger partial charge in [-0.05, 0) is 39.3 Å². The smallest absolute Gasteiger partial charge is 0.251 e. The second-order valence-corrected chi connectivity index (χ2v) is 8.54. The predicted molar refractivity (Wildman–Crippen MR) is 117 cm³/mol. The van der Waals surface area contributed by atoms with E-state index in [0.717, 1.165) is 34.2 Å². The van der Waals surface area contributed by atoms with E-state index in [1.54, 1.807) is 34.4 Å². The molecule has 3 aromatic rings. The monoisotopic (exact) mass is 424 g/mol. The van der Waals surface area contributed by atoms with Crippen molar-refractivity contribution >= 4 is 23.2 Å². The predicted octanol–water partition coefficient (Wildman–Crippen LogP) is 2.41. The molecule has 1 saturated heterocycles. The molecule has 3 aromatic heterocycles. The van der Waals surface area contributed by atoms with Crippen molar-refractivity contribution in [2.45, 2.75) is 39.8 Å². The number of carbonyl (C=O) groups excluding carboxylic acids is 1. The number of hydrogen-bond acceptors (Lipinski definition) is 7. The summed E-state index contributed by atoms with van der Waals surface area (Å²) < 4.78 is 1.56. The lowest BCUT2D eigenvalue weighted by atomic mass is 10.2. The number of pyridine rings is 1. The van der Waals surface area contributed by atoms with Crippen molar-refractivity contribution in [3.05, 3.63) is 57.2 Å². The van der Waals surface area contributed by atoms with Crippen molar-refractivity contribution in [3.8, 4) is 10.6 Å². The molecule has 9 heteroatoms. The third kappa shape index (κ3) is 4.11. The van der Waals surface area contributed by atoms with Crippen molar-refractivity contribution in [2.75, 3.05) is 18.0 Å². The van der Waals surface area contributed by atoms with Crippen LogP contribution in [-0.2, 0) is 6.54 Å². The number of nitrogens with one attached hydrogen (secondary N) is 1. The minimum Gasteiger partial charge on any atom is -0.347 e. The van der Waals surface area contributed by atoms with Crippen LogP contribution in [0.15, 0.2) is 35.4 Å². The Morgan fingerprint density at radius 3 is 2.83 bits per heavy atom. The maximum atomic E-state index is 12.6. The molecule has 30 heavy (non-hydrogen) atoms. The van der Waals surface area contributed by atoms with Gasteiger partial charge in [-0.2, -0.15) is 0 Å². The van der Waals surface area contributed by atoms with E-state index in [4.69, 9.17) is 4.98 Å². The number of amides is 1. The first-order valence-corrected chi connectivity index (χ1v) is 10.8. The highest BCUT2D eigenvalue weighted by Crippen LogP contribution is 2.29. The maximum absolute atomic E-state index is 12.6. The van der Waals surface area contributed by atoms with Crippen LogP contribution in [-0.4, -0.2) is 44.6 Å². The van der Waals surface area contributed by atoms with Crippen LogP contribution >= 0.6 is 11.3 Å². The van der Waals surface area contributed by atoms with Crippen LogP contribution in [0.3, 0.4) is 0 Å². The summed E-state index contributed by atoms with van der Waals surface area (Å²) in [5.74, 6) is 0.424. The highest BCUT2D eigenvalue weighted by Gasteiger charge is 2.26. The summed E-state index contributed by atoms with van der Waals surface area (Å²) in [6.45, 7) is 7.83. The molecule has 4 rings (SSSR count). The Morgan fingerprint density at radius 2 is 2.13 bits per heavy atom. The van der Waals surface area contributed by atoms with Gasteiger partial charge in [-0.15, -0.1) is 11.3 Å². The van der Waals surface area contributed by atoms with Gasteiger partial charge in [0, 0.05) is 49.7 Å². The molecule has 1 aliphatic rings. The number of aromatic nitrogens is 4. The number of anilines is 1. The number of nitrogens with zero attached hydrogens (tertiary/aromatic N) is 5. The molecule has 1 amide bonds. The molecular weight excluding hydrogens is 400 g/mol. The highest BCUT2D eigenvalue weighted by atomic mass is 32.1. The molecule has 0 bridgehead atoms. The molecule has 0 saturated carbocycles. The summed E-state index contributed by atoms with van der Waals surface area (Å²) in [7, 11) is 0. The van der Waals surface area contributed by atoms with Gasteiger partial charge < -0.3 is 14.8 Å². The fourth-order valence-electron chi connectivity index (χ4n) is 3.63. The zero-order chi connectivity index (χ0) is 21.3. The van der Waals surface area contributed by atoms with Crippen molar-refractivity contribution in [1.29, 1.82) is 0 Å². The summed E-state index contributed by atoms with van der Waals surface area (Å²) >= 11 is 1.62. The van der Waals surface area contributed by atoms with Gasteiger partial charge in [0.15, 0.2) is 0 Å². The van der Waals surface area contributed by atoms with Gasteiger partial charge in [-0.25, -0.2) is 15.0 Å². The molecule has 0 spiro atoms. The van der Waals surface area contributed by atoms with Gasteiger partial charge in [0.05, 0.1) is 21.3 Å². The first-order valence-electron chi connectivity index (χ1n) is 9.98. The van der Waals surface area contributed by atoms with E-state index in [1.807, 2.05) is 26.8 Å². The molecule has 1 fully saturated rings. The fourth-order valence-corrected chi connectivity index (χ4v) is 4.52. The molecule has 0 aromatic carbocycles. The van der Waals surface area contributed by atoms with Gasteiger partial charge in [0.1, 0.15) is 0 Å². The lowest BCUT2D eigenvalue weighted by molar-refractivity contribution is 0.0940. The van der Waals surface area contributed by atoms with E-state index in [1.165, 1.54) is 6.07 Å². The van der Waals surface area contributed by atoms with E-state index in [9.17, 15) is 9.59 Å². The first kappa shape index (κ1) is 20.2. The molecule has 1 unspecified atom stereocenters. The van der Waals surface area contributed by atoms with E-state index in [-0.39, 0.29) is 17.5 Å². The normalized spacial score (nSPS) is 16.1. The molecule has 156 valence electrons. The Hall–Kier alpha value is -3.07. The minimum atomic E-state index is -0.229. The Bertz CT molecular complexity index is 1140. The Morgan fingerprint density at radius 1 is 1.30 bits per heavy atom. The average molecular weight is 425 g/mol. The third-order valence-electron chi connectivity index (χ3n) is 5.18. The van der Waals surface area contributed by atoms with E-state index >= 15 is 0 Å². The van der Waals surface area contributed by atoms with Gasteiger partial charge in [0.2, 0.25) is 5.95 Å². The molecule has 0 aliphatic carbocycles. The Kier molecular flexibility index (Phi) is 5.63. The molecule has 8 nitrogen and oxygen atoms in total. The number of carbonyl (C=O) groups is 1. The second-order valence-electron chi connectivity index (χ2n) is 7.33. The summed E-state index contributed by atoms with van der Waals surface area (Å²) in [6, 6.07) is 4.94. The van der Waals surface area contributed by atoms with Gasteiger partial charge in [-0.3, -0.25) is 9.59 Å². The van der Waals surface area contributed by atoms with Crippen molar-refractivity contribution in [1.82, 2.24) is 24.8 Å². The first-order chi connectivity index (χ1) is 14.4. The summed E-state index contributed by atoms with van der Waals surface area (Å²) in [6.07, 6.45) is 4.21. The second kappa shape index (κ2) is 8.35. The zero-order valence-electron chi connectivity index (χ0n) is 17.3. The number of aryl methyl sites for hydroxylation is 3. The van der Waals surface area contributed by atoms with Crippen LogP contribution in [0, 0.1) is 13.8 Å². The Labute approximate surface area is 178 Å². The third-order valence-corrected chi connectivity index (χ3v) is 6.28. The summed E-state index contributed by atoms with van der Waals surface area (Å²) in [4.78, 5) is 41.3. The molecule has 1 N–H and O–H groups in total. The molecule has 1 atom stereocenters. The number of rotatable bonds is 5. The minimum absolute atomic E-state index is 0.0225. The number of hydrogen-bond donors (Lipinski definition) is 1. The van der Waals surface area contributed by atoms with Crippen LogP contribution in [0.1, 0.15) is 34.4 Å². The fraction of sp³-hybridized carbons (Fsp3) is 0.381. The van der Waals surface area contributed by atoms with Gasteiger partial charge in [0.25, 0.3) is 11.5 Å². The average Bonchev–Trinajstić information content (AvgIpc) is 3.33. The lowest BCUT2D eigenvalue weighted by Crippen LogP contribution is -2.38. The summed E-state index contributed by atoms with van der Waals surface area (Å²) in [5, 5.41) is 4.04. The quantitative estimate of drug-likeness (QED) is 0.676. The SMILES string of the molecule is CCn1ccc(C(=O)NC2CCN(c3nccc(-c4sc(C)nc4C)n3)C2)cc1=O. The topological polar surface area (TPSA) is 93.0 Å². The van der Waals surface area contributed by atoms with Crippen LogP contribution in [0.4, 0.5) is 5.95 Å². The molecular formula is C21H24N6O2S. The lowest BCUT2D eigenvalue weighted by Gasteiger charge is -2.17. The molecule has 0 radical (unpaired) electrons. The number of thiazole rings is 1. The van der Waals surface area contributed by atoms with Crippen molar-refractivity contribution in [2.24, 2.45) is 0 Å². The highest BCUT2D eigenvalue weighted by molar-refractivity contribution is 7.15. The van der Waals surface area contributed by atoms with Crippen LogP contribution in [0.5, 0.6) is 0 Å². The maximum Gasteiger partial charge on any atom is 0.251 e. The summed E-state index contributed by atoms with van der Waals surface area (Å²) in [5.41, 5.74) is 2.06.